The smallest absolute Gasteiger partial charge is 0.191 e. The molecule has 1 aliphatic rings. The summed E-state index contributed by atoms with van der Waals surface area (Å²) in [7, 11) is 3.97. The van der Waals surface area contributed by atoms with E-state index < -0.39 is 0 Å². The van der Waals surface area contributed by atoms with Crippen LogP contribution in [0.2, 0.25) is 0 Å². The fraction of sp³-hybridized carbons (Fsp3) is 0.647. The minimum atomic E-state index is 0.416. The first kappa shape index (κ1) is 17.5. The SMILES string of the molecule is CCC(C)NC(=NC)NCc1ccnc(N2CCN(C)CC2)c1. The van der Waals surface area contributed by atoms with E-state index in [1.807, 2.05) is 6.20 Å². The zero-order chi connectivity index (χ0) is 16.7. The minimum absolute atomic E-state index is 0.416. The Morgan fingerprint density at radius 2 is 2.09 bits per heavy atom. The summed E-state index contributed by atoms with van der Waals surface area (Å²) in [5, 5.41) is 6.75. The van der Waals surface area contributed by atoms with Crippen LogP contribution in [0.4, 0.5) is 5.82 Å². The molecule has 0 aromatic carbocycles. The molecule has 2 N–H and O–H groups in total. The van der Waals surface area contributed by atoms with Crippen molar-refractivity contribution in [2.45, 2.75) is 32.9 Å². The molecule has 1 aromatic rings. The van der Waals surface area contributed by atoms with E-state index in [0.29, 0.717) is 6.04 Å². The predicted octanol–water partition coefficient (Wildman–Crippen LogP) is 1.30. The number of aliphatic imine (C=N–C) groups is 1. The van der Waals surface area contributed by atoms with Crippen molar-refractivity contribution in [3.05, 3.63) is 23.9 Å². The lowest BCUT2D eigenvalue weighted by atomic mass is 10.2. The van der Waals surface area contributed by atoms with Gasteiger partial charge in [0.15, 0.2) is 5.96 Å². The molecule has 6 nitrogen and oxygen atoms in total. The molecule has 2 heterocycles. The molecule has 0 bridgehead atoms. The minimum Gasteiger partial charge on any atom is -0.354 e. The second-order valence-corrected chi connectivity index (χ2v) is 6.19. The molecule has 0 aliphatic carbocycles. The molecule has 0 spiro atoms. The highest BCUT2D eigenvalue weighted by molar-refractivity contribution is 5.79. The van der Waals surface area contributed by atoms with E-state index >= 15 is 0 Å². The number of aromatic nitrogens is 1. The molecule has 1 saturated heterocycles. The standard InChI is InChI=1S/C17H30N6/c1-5-14(2)21-17(18-3)20-13-15-6-7-19-16(12-15)23-10-8-22(4)9-11-23/h6-7,12,14H,5,8-11,13H2,1-4H3,(H2,18,20,21). The lowest BCUT2D eigenvalue weighted by molar-refractivity contribution is 0.312. The zero-order valence-electron chi connectivity index (χ0n) is 14.8. The summed E-state index contributed by atoms with van der Waals surface area (Å²) in [5.41, 5.74) is 1.22. The monoisotopic (exact) mass is 318 g/mol. The van der Waals surface area contributed by atoms with Crippen molar-refractivity contribution >= 4 is 11.8 Å². The third-order valence-corrected chi connectivity index (χ3v) is 4.32. The number of hydrogen-bond donors (Lipinski definition) is 2. The Kier molecular flexibility index (Phi) is 6.65. The number of hydrogen-bond acceptors (Lipinski definition) is 4. The second-order valence-electron chi connectivity index (χ2n) is 6.19. The molecule has 1 aliphatic heterocycles. The van der Waals surface area contributed by atoms with Crippen molar-refractivity contribution in [1.82, 2.24) is 20.5 Å². The molecule has 0 amide bonds. The van der Waals surface area contributed by atoms with Gasteiger partial charge < -0.3 is 20.4 Å². The van der Waals surface area contributed by atoms with Crippen LogP contribution in [0.3, 0.4) is 0 Å². The van der Waals surface area contributed by atoms with Crippen molar-refractivity contribution in [2.75, 3.05) is 45.2 Å². The quantitative estimate of drug-likeness (QED) is 0.633. The Hall–Kier alpha value is -1.82. The summed E-state index contributed by atoms with van der Waals surface area (Å²) in [4.78, 5) is 13.5. The second kappa shape index (κ2) is 8.72. The van der Waals surface area contributed by atoms with Crippen LogP contribution in [0, 0.1) is 0 Å². The van der Waals surface area contributed by atoms with Gasteiger partial charge in [-0.15, -0.1) is 0 Å². The Labute approximate surface area is 140 Å². The van der Waals surface area contributed by atoms with Gasteiger partial charge >= 0.3 is 0 Å². The number of nitrogens with one attached hydrogen (secondary N) is 2. The Morgan fingerprint density at radius 3 is 2.74 bits per heavy atom. The molecule has 1 fully saturated rings. The maximum atomic E-state index is 4.53. The molecule has 0 radical (unpaired) electrons. The average molecular weight is 318 g/mol. The summed E-state index contributed by atoms with van der Waals surface area (Å²) in [6.45, 7) is 9.33. The number of guanidine groups is 1. The van der Waals surface area contributed by atoms with Gasteiger partial charge in [0.25, 0.3) is 0 Å². The van der Waals surface area contributed by atoms with Gasteiger partial charge in [0.05, 0.1) is 0 Å². The molecule has 23 heavy (non-hydrogen) atoms. The summed E-state index contributed by atoms with van der Waals surface area (Å²) < 4.78 is 0. The third-order valence-electron chi connectivity index (χ3n) is 4.32. The molecular weight excluding hydrogens is 288 g/mol. The highest BCUT2D eigenvalue weighted by atomic mass is 15.3. The van der Waals surface area contributed by atoms with Crippen molar-refractivity contribution in [3.63, 3.8) is 0 Å². The van der Waals surface area contributed by atoms with Crippen LogP contribution in [0.5, 0.6) is 0 Å². The van der Waals surface area contributed by atoms with E-state index in [1.54, 1.807) is 7.05 Å². The normalized spacial score (nSPS) is 17.9. The first-order valence-corrected chi connectivity index (χ1v) is 8.48. The number of likely N-dealkylation sites (N-methyl/N-ethyl adjacent to an activating group) is 1. The van der Waals surface area contributed by atoms with Crippen molar-refractivity contribution in [3.8, 4) is 0 Å². The van der Waals surface area contributed by atoms with Crippen LogP contribution < -0.4 is 15.5 Å². The molecule has 2 rings (SSSR count). The van der Waals surface area contributed by atoms with Crippen LogP contribution in [-0.2, 0) is 6.54 Å². The van der Waals surface area contributed by atoms with Crippen molar-refractivity contribution in [2.24, 2.45) is 4.99 Å². The zero-order valence-corrected chi connectivity index (χ0v) is 14.8. The molecular formula is C17H30N6. The van der Waals surface area contributed by atoms with E-state index in [4.69, 9.17) is 0 Å². The van der Waals surface area contributed by atoms with Gasteiger partial charge in [0.2, 0.25) is 0 Å². The maximum Gasteiger partial charge on any atom is 0.191 e. The van der Waals surface area contributed by atoms with Crippen molar-refractivity contribution in [1.29, 1.82) is 0 Å². The van der Waals surface area contributed by atoms with E-state index in [2.05, 4.69) is 63.4 Å². The molecule has 128 valence electrons. The summed E-state index contributed by atoms with van der Waals surface area (Å²) >= 11 is 0. The lowest BCUT2D eigenvalue weighted by Crippen LogP contribution is -2.45. The average Bonchev–Trinajstić information content (AvgIpc) is 2.59. The fourth-order valence-corrected chi connectivity index (χ4v) is 2.49. The van der Waals surface area contributed by atoms with E-state index in [0.717, 1.165) is 50.9 Å². The highest BCUT2D eigenvalue weighted by Crippen LogP contribution is 2.14. The van der Waals surface area contributed by atoms with Crippen LogP contribution in [0.25, 0.3) is 0 Å². The van der Waals surface area contributed by atoms with Gasteiger partial charge in [0.1, 0.15) is 5.82 Å². The molecule has 6 heteroatoms. The summed E-state index contributed by atoms with van der Waals surface area (Å²) in [5.74, 6) is 1.92. The van der Waals surface area contributed by atoms with Gasteiger partial charge in [-0.2, -0.15) is 0 Å². The van der Waals surface area contributed by atoms with Gasteiger partial charge in [-0.1, -0.05) is 6.92 Å². The first-order valence-electron chi connectivity index (χ1n) is 8.48. The third kappa shape index (κ3) is 5.39. The lowest BCUT2D eigenvalue weighted by Gasteiger charge is -2.33. The summed E-state index contributed by atoms with van der Waals surface area (Å²) in [6, 6.07) is 4.65. The van der Waals surface area contributed by atoms with Gasteiger partial charge in [-0.05, 0) is 38.1 Å². The predicted molar refractivity (Wildman–Crippen MR) is 97.0 cm³/mol. The van der Waals surface area contributed by atoms with Gasteiger partial charge in [-0.3, -0.25) is 4.99 Å². The van der Waals surface area contributed by atoms with Crippen LogP contribution in [-0.4, -0.2) is 62.2 Å². The topological polar surface area (TPSA) is 55.8 Å². The highest BCUT2D eigenvalue weighted by Gasteiger charge is 2.15. The van der Waals surface area contributed by atoms with Crippen LogP contribution in [0.15, 0.2) is 23.3 Å². The van der Waals surface area contributed by atoms with Gasteiger partial charge in [-0.25, -0.2) is 4.98 Å². The van der Waals surface area contributed by atoms with Crippen LogP contribution >= 0.6 is 0 Å². The van der Waals surface area contributed by atoms with E-state index in [-0.39, 0.29) is 0 Å². The number of nitrogens with zero attached hydrogens (tertiary/aromatic N) is 4. The fourth-order valence-electron chi connectivity index (χ4n) is 2.49. The number of pyridine rings is 1. The number of anilines is 1. The first-order chi connectivity index (χ1) is 11.1. The van der Waals surface area contributed by atoms with E-state index in [9.17, 15) is 0 Å². The Morgan fingerprint density at radius 1 is 1.35 bits per heavy atom. The summed E-state index contributed by atoms with van der Waals surface area (Å²) in [6.07, 6.45) is 2.97. The van der Waals surface area contributed by atoms with Crippen molar-refractivity contribution < 1.29 is 0 Å². The van der Waals surface area contributed by atoms with Crippen LogP contribution in [0.1, 0.15) is 25.8 Å². The molecule has 0 saturated carbocycles. The Bertz CT molecular complexity index is 508. The Balaban J connectivity index is 1.92. The molecule has 1 unspecified atom stereocenters. The van der Waals surface area contributed by atoms with Gasteiger partial charge in [0, 0.05) is 52.0 Å². The number of rotatable bonds is 5. The molecule has 1 atom stereocenters. The molecule has 1 aromatic heterocycles. The number of piperazine rings is 1. The van der Waals surface area contributed by atoms with E-state index in [1.165, 1.54) is 5.56 Å². The largest absolute Gasteiger partial charge is 0.354 e. The maximum absolute atomic E-state index is 4.53.